The van der Waals surface area contributed by atoms with Crippen molar-refractivity contribution in [3.8, 4) is 0 Å². The maximum Gasteiger partial charge on any atom is 0.508 e. The first-order valence-corrected chi connectivity index (χ1v) is 23.5. The van der Waals surface area contributed by atoms with E-state index in [0.29, 0.717) is 11.1 Å². The molecule has 1 heterocycles. The summed E-state index contributed by atoms with van der Waals surface area (Å²) in [4.78, 5) is 57.1. The molecule has 1 N–H and O–H groups in total. The Labute approximate surface area is 327 Å². The van der Waals surface area contributed by atoms with Crippen molar-refractivity contribution in [3.63, 3.8) is 0 Å². The average Bonchev–Trinajstić information content (AvgIpc) is 3.10. The first-order chi connectivity index (χ1) is 25.6. The Morgan fingerprint density at radius 3 is 2.11 bits per heavy atom. The topological polar surface area (TPSA) is 162 Å². The summed E-state index contributed by atoms with van der Waals surface area (Å²) < 4.78 is 51.4. The number of hydrogen-bond acceptors (Lipinski definition) is 13. The van der Waals surface area contributed by atoms with Crippen LogP contribution in [-0.4, -0.2) is 109 Å². The van der Waals surface area contributed by atoms with Gasteiger partial charge in [-0.2, -0.15) is 0 Å². The SMILES string of the molecule is COC(=O)O[C@@]12COC1C[C@H](O[Si](OC)(C(C)C)C(C)C)[C@@]1(C)C(=O)[C@H](OC(C)=O)C3=C(C)[C@@H](O)C[C@@](O[Si](C)C)(C(OC(=O)c4ccccc4)C21)C3(C)C. The number of Topliss-reactive ketones (excluding diaryl/α,β-unsaturated/α-hetero) is 1. The van der Waals surface area contributed by atoms with E-state index >= 15 is 4.79 Å². The van der Waals surface area contributed by atoms with Crippen LogP contribution in [0.4, 0.5) is 4.79 Å². The highest BCUT2D eigenvalue weighted by molar-refractivity contribution is 6.70. The lowest BCUT2D eigenvalue weighted by molar-refractivity contribution is -0.341. The second kappa shape index (κ2) is 15.4. The zero-order valence-corrected chi connectivity index (χ0v) is 36.5. The molecule has 9 atom stereocenters. The molecular weight excluding hydrogens is 745 g/mol. The van der Waals surface area contributed by atoms with Crippen molar-refractivity contribution in [2.24, 2.45) is 16.7 Å². The fourth-order valence-corrected chi connectivity index (χ4v) is 15.1. The lowest BCUT2D eigenvalue weighted by Gasteiger charge is -2.69. The van der Waals surface area contributed by atoms with E-state index in [2.05, 4.69) is 0 Å². The van der Waals surface area contributed by atoms with Gasteiger partial charge >= 0.3 is 26.7 Å². The largest absolute Gasteiger partial charge is 0.508 e. The van der Waals surface area contributed by atoms with Crippen LogP contribution < -0.4 is 0 Å². The minimum atomic E-state index is -3.21. The third-order valence-electron chi connectivity index (χ3n) is 12.9. The number of carbonyl (C=O) groups excluding carboxylic acids is 4. The van der Waals surface area contributed by atoms with Crippen molar-refractivity contribution >= 4 is 41.5 Å². The molecule has 1 aromatic rings. The van der Waals surface area contributed by atoms with Gasteiger partial charge in [-0.3, -0.25) is 9.59 Å². The third kappa shape index (κ3) is 6.74. The van der Waals surface area contributed by atoms with E-state index in [0.717, 1.165) is 0 Å². The van der Waals surface area contributed by atoms with E-state index < -0.39 is 99.9 Å². The van der Waals surface area contributed by atoms with Crippen molar-refractivity contribution in [2.75, 3.05) is 20.8 Å². The van der Waals surface area contributed by atoms with E-state index in [1.54, 1.807) is 51.3 Å². The Bertz CT molecular complexity index is 1670. The van der Waals surface area contributed by atoms with Gasteiger partial charge in [0.25, 0.3) is 0 Å². The van der Waals surface area contributed by atoms with E-state index in [9.17, 15) is 19.5 Å². The number of aliphatic hydroxyl groups is 1. The Balaban J connectivity index is 1.96. The number of benzene rings is 1. The summed E-state index contributed by atoms with van der Waals surface area (Å²) in [6.07, 6.45) is -6.97. The summed E-state index contributed by atoms with van der Waals surface area (Å²) >= 11 is 0. The van der Waals surface area contributed by atoms with E-state index in [4.69, 9.17) is 37.0 Å². The van der Waals surface area contributed by atoms with Crippen molar-refractivity contribution in [1.82, 2.24) is 0 Å². The average molecular weight is 804 g/mol. The number of carbonyl (C=O) groups is 4. The van der Waals surface area contributed by atoms with Gasteiger partial charge in [-0.1, -0.05) is 59.7 Å². The van der Waals surface area contributed by atoms with Crippen LogP contribution in [-0.2, 0) is 46.6 Å². The number of methoxy groups -OCH3 is 1. The Morgan fingerprint density at radius 2 is 1.62 bits per heavy atom. The number of hydrogen-bond donors (Lipinski definition) is 1. The van der Waals surface area contributed by atoms with E-state index in [-0.39, 0.29) is 36.1 Å². The van der Waals surface area contributed by atoms with Crippen LogP contribution >= 0.6 is 0 Å². The van der Waals surface area contributed by atoms with Gasteiger partial charge in [0.05, 0.1) is 42.8 Å². The van der Waals surface area contributed by atoms with Gasteiger partial charge in [-0.25, -0.2) is 9.59 Å². The molecule has 5 rings (SSSR count). The summed E-state index contributed by atoms with van der Waals surface area (Å²) in [5.74, 6) is -3.25. The fourth-order valence-electron chi connectivity index (χ4n) is 10.2. The molecule has 3 fully saturated rings. The van der Waals surface area contributed by atoms with Crippen LogP contribution in [0.15, 0.2) is 41.5 Å². The molecule has 2 saturated carbocycles. The number of fused-ring (bicyclic) bond motifs is 5. The zero-order chi connectivity index (χ0) is 41.1. The van der Waals surface area contributed by atoms with Crippen molar-refractivity contribution < 1.29 is 61.2 Å². The molecule has 0 aromatic heterocycles. The molecule has 2 bridgehead atoms. The predicted octanol–water partition coefficient (Wildman–Crippen LogP) is 6.08. The molecule has 1 aromatic carbocycles. The van der Waals surface area contributed by atoms with Crippen LogP contribution in [0.1, 0.15) is 85.5 Å². The maximum atomic E-state index is 16.1. The lowest BCUT2D eigenvalue weighted by atomic mass is 9.44. The van der Waals surface area contributed by atoms with Gasteiger partial charge < -0.3 is 42.1 Å². The van der Waals surface area contributed by atoms with Crippen LogP contribution in [0.2, 0.25) is 24.2 Å². The van der Waals surface area contributed by atoms with Gasteiger partial charge in [0.2, 0.25) is 9.04 Å². The highest BCUT2D eigenvalue weighted by Crippen LogP contribution is 2.66. The normalized spacial score (nSPS) is 34.2. The fraction of sp³-hybridized carbons (Fsp3) is 0.700. The molecule has 1 aliphatic heterocycles. The first-order valence-electron chi connectivity index (χ1n) is 19.1. The smallest absolute Gasteiger partial charge is 0.455 e. The second-order valence-corrected chi connectivity index (χ2v) is 23.5. The molecule has 3 aliphatic carbocycles. The third-order valence-corrected chi connectivity index (χ3v) is 18.2. The zero-order valence-electron chi connectivity index (χ0n) is 34.5. The Hall–Kier alpha value is -2.93. The van der Waals surface area contributed by atoms with Gasteiger partial charge in [0.15, 0.2) is 17.5 Å². The first kappa shape index (κ1) is 43.2. The predicted molar refractivity (Wildman–Crippen MR) is 205 cm³/mol. The maximum absolute atomic E-state index is 16.1. The molecule has 0 spiro atoms. The summed E-state index contributed by atoms with van der Waals surface area (Å²) in [5.41, 5.74) is -5.33. The minimum Gasteiger partial charge on any atom is -0.455 e. The second-order valence-electron chi connectivity index (χ2n) is 17.0. The molecule has 1 radical (unpaired) electrons. The van der Waals surface area contributed by atoms with Gasteiger partial charge in [0, 0.05) is 32.3 Å². The van der Waals surface area contributed by atoms with Crippen LogP contribution in [0.25, 0.3) is 0 Å². The van der Waals surface area contributed by atoms with Crippen LogP contribution in [0, 0.1) is 16.7 Å². The number of aliphatic hydroxyl groups excluding tert-OH is 1. The summed E-state index contributed by atoms with van der Waals surface area (Å²) in [6.45, 7) is 20.2. The lowest BCUT2D eigenvalue weighted by Crippen LogP contribution is -2.83. The molecule has 0 amide bonds. The van der Waals surface area contributed by atoms with E-state index in [1.807, 2.05) is 54.6 Å². The van der Waals surface area contributed by atoms with Gasteiger partial charge in [0.1, 0.15) is 17.8 Å². The number of ether oxygens (including phenoxy) is 5. The summed E-state index contributed by atoms with van der Waals surface area (Å²) in [5, 5.41) is 12.0. The monoisotopic (exact) mass is 803 g/mol. The highest BCUT2D eigenvalue weighted by Gasteiger charge is 2.79. The number of esters is 2. The highest BCUT2D eigenvalue weighted by atomic mass is 28.4. The molecule has 4 aliphatic rings. The Kier molecular flexibility index (Phi) is 12.1. The molecule has 305 valence electrons. The van der Waals surface area contributed by atoms with Gasteiger partial charge in [-0.05, 0) is 61.3 Å². The Morgan fingerprint density at radius 1 is 1.00 bits per heavy atom. The minimum absolute atomic E-state index is 0.0639. The summed E-state index contributed by atoms with van der Waals surface area (Å²) in [6, 6.07) is 8.45. The standard InChI is InChI=1S/C40H59O13Si2/c1-22(2)55(47-11,23(3)4)52-28-19-29-39(21-48-29,51-36(45)46-10)32-34(50-35(44)26-17-15-14-16-18-26)40(53-54(12)13)20-27(42)24(5)30(37(40,7)8)31(49-25(6)41)33(43)38(28,32)9/h14-18,22-23,27-29,31-32,34,42H,19-21H2,1-13H3/t27-,28-,29?,31+,32?,34?,38+,39-,40+/m0/s1. The van der Waals surface area contributed by atoms with E-state index in [1.165, 1.54) is 14.0 Å². The number of rotatable bonds is 11. The molecule has 55 heavy (non-hydrogen) atoms. The van der Waals surface area contributed by atoms with Crippen molar-refractivity contribution in [2.45, 2.75) is 141 Å². The molecule has 15 heteroatoms. The quantitative estimate of drug-likeness (QED) is 0.119. The molecule has 13 nitrogen and oxygen atoms in total. The number of ketones is 1. The molecule has 3 unspecified atom stereocenters. The van der Waals surface area contributed by atoms with Gasteiger partial charge in [-0.15, -0.1) is 0 Å². The van der Waals surface area contributed by atoms with Crippen LogP contribution in [0.3, 0.4) is 0 Å². The van der Waals surface area contributed by atoms with Crippen molar-refractivity contribution in [3.05, 3.63) is 47.0 Å². The molecule has 1 saturated heterocycles. The van der Waals surface area contributed by atoms with Crippen molar-refractivity contribution in [1.29, 1.82) is 0 Å². The molecular formula is C40H59O13Si2. The van der Waals surface area contributed by atoms with Crippen LogP contribution in [0.5, 0.6) is 0 Å². The summed E-state index contributed by atoms with van der Waals surface area (Å²) in [7, 11) is -2.13.